The van der Waals surface area contributed by atoms with Crippen molar-refractivity contribution < 1.29 is 0 Å². The summed E-state index contributed by atoms with van der Waals surface area (Å²) in [4.78, 5) is 4.11. The molecule has 1 heterocycles. The zero-order valence-corrected chi connectivity index (χ0v) is 8.51. The van der Waals surface area contributed by atoms with Crippen LogP contribution in [-0.2, 0) is 0 Å². The van der Waals surface area contributed by atoms with Crippen LogP contribution in [0.4, 0.5) is 5.13 Å². The predicted molar refractivity (Wildman–Crippen MR) is 58.5 cm³/mol. The summed E-state index contributed by atoms with van der Waals surface area (Å²) in [5.74, 6) is 0. The Bertz CT molecular complexity index is 328. The van der Waals surface area contributed by atoms with Gasteiger partial charge in [-0.2, -0.15) is 0 Å². The van der Waals surface area contributed by atoms with Crippen molar-refractivity contribution in [1.29, 1.82) is 0 Å². The first-order valence-corrected chi connectivity index (χ1v) is 3.79. The quantitative estimate of drug-likeness (QED) is 0.745. The number of fused-ring (bicyclic) bond motifs is 1. The Balaban J connectivity index is 0.000000605. The largest absolute Gasteiger partial charge is 0.375 e. The first-order chi connectivity index (χ1) is 4.86. The minimum absolute atomic E-state index is 0. The summed E-state index contributed by atoms with van der Waals surface area (Å²) in [6.45, 7) is 0. The molecule has 2 rings (SSSR count). The van der Waals surface area contributed by atoms with Crippen molar-refractivity contribution in [2.75, 3.05) is 5.73 Å². The van der Waals surface area contributed by atoms with E-state index in [1.807, 2.05) is 24.3 Å². The van der Waals surface area contributed by atoms with Crippen LogP contribution in [0.25, 0.3) is 10.2 Å². The van der Waals surface area contributed by atoms with Crippen LogP contribution in [0, 0.1) is 0 Å². The molecule has 0 radical (unpaired) electrons. The molecule has 0 saturated heterocycles. The first kappa shape index (κ1) is 11.5. The molecule has 2 nitrogen and oxygen atoms in total. The third-order valence-electron chi connectivity index (χ3n) is 1.31. The van der Waals surface area contributed by atoms with E-state index < -0.39 is 0 Å². The summed E-state index contributed by atoms with van der Waals surface area (Å²) < 4.78 is 1.15. The van der Waals surface area contributed by atoms with Gasteiger partial charge in [-0.15, -0.1) is 24.8 Å². The van der Waals surface area contributed by atoms with Crippen molar-refractivity contribution >= 4 is 51.5 Å². The number of rotatable bonds is 0. The Kier molecular flexibility index (Phi) is 4.31. The maximum absolute atomic E-state index is 5.50. The highest BCUT2D eigenvalue weighted by molar-refractivity contribution is 7.22. The van der Waals surface area contributed by atoms with Gasteiger partial charge in [0.1, 0.15) is 0 Å². The Morgan fingerprint density at radius 3 is 2.50 bits per heavy atom. The minimum atomic E-state index is 0. The Hall–Kier alpha value is -0.510. The van der Waals surface area contributed by atoms with Gasteiger partial charge in [-0.1, -0.05) is 23.5 Å². The average molecular weight is 223 g/mol. The van der Waals surface area contributed by atoms with E-state index in [2.05, 4.69) is 4.98 Å². The molecule has 2 aromatic rings. The van der Waals surface area contributed by atoms with Crippen molar-refractivity contribution in [2.24, 2.45) is 0 Å². The first-order valence-electron chi connectivity index (χ1n) is 2.97. The number of nitrogens with two attached hydrogens (primary N) is 1. The molecule has 0 aliphatic carbocycles. The lowest BCUT2D eigenvalue weighted by atomic mass is 10.3. The Labute approximate surface area is 86.6 Å². The number of halogens is 2. The number of anilines is 1. The maximum Gasteiger partial charge on any atom is 0.181 e. The van der Waals surface area contributed by atoms with Gasteiger partial charge >= 0.3 is 0 Å². The van der Waals surface area contributed by atoms with Gasteiger partial charge in [-0.25, -0.2) is 4.98 Å². The molecule has 0 aliphatic heterocycles. The SMILES string of the molecule is Cl.Cl.Nc1nc2ccccc2s1. The second-order valence-electron chi connectivity index (χ2n) is 2.02. The van der Waals surface area contributed by atoms with Gasteiger partial charge in [0.15, 0.2) is 5.13 Å². The highest BCUT2D eigenvalue weighted by Gasteiger charge is 1.96. The lowest BCUT2D eigenvalue weighted by Gasteiger charge is -1.80. The van der Waals surface area contributed by atoms with Crippen LogP contribution >= 0.6 is 36.2 Å². The number of hydrogen-bond donors (Lipinski definition) is 1. The number of para-hydroxylation sites is 1. The second-order valence-corrected chi connectivity index (χ2v) is 3.08. The van der Waals surface area contributed by atoms with E-state index >= 15 is 0 Å². The molecule has 0 unspecified atom stereocenters. The predicted octanol–water partition coefficient (Wildman–Crippen LogP) is 2.72. The maximum atomic E-state index is 5.50. The van der Waals surface area contributed by atoms with Crippen molar-refractivity contribution in [3.8, 4) is 0 Å². The summed E-state index contributed by atoms with van der Waals surface area (Å²) >= 11 is 1.52. The third-order valence-corrected chi connectivity index (χ3v) is 2.18. The van der Waals surface area contributed by atoms with E-state index in [0.29, 0.717) is 5.13 Å². The van der Waals surface area contributed by atoms with E-state index in [1.165, 1.54) is 11.3 Å². The van der Waals surface area contributed by atoms with Crippen LogP contribution in [0.2, 0.25) is 0 Å². The number of nitrogen functional groups attached to an aromatic ring is 1. The number of nitrogens with zero attached hydrogens (tertiary/aromatic N) is 1. The molecule has 0 spiro atoms. The fourth-order valence-electron chi connectivity index (χ4n) is 0.890. The van der Waals surface area contributed by atoms with Crippen LogP contribution < -0.4 is 5.73 Å². The molecule has 12 heavy (non-hydrogen) atoms. The lowest BCUT2D eigenvalue weighted by Crippen LogP contribution is -1.78. The second kappa shape index (κ2) is 4.50. The van der Waals surface area contributed by atoms with E-state index in [-0.39, 0.29) is 24.8 Å². The Morgan fingerprint density at radius 2 is 1.83 bits per heavy atom. The molecule has 1 aromatic heterocycles. The number of thiazole rings is 1. The van der Waals surface area contributed by atoms with Crippen molar-refractivity contribution in [3.05, 3.63) is 24.3 Å². The summed E-state index contributed by atoms with van der Waals surface area (Å²) in [7, 11) is 0. The van der Waals surface area contributed by atoms with Gasteiger partial charge in [0.2, 0.25) is 0 Å². The monoisotopic (exact) mass is 222 g/mol. The molecule has 0 bridgehead atoms. The van der Waals surface area contributed by atoms with Gasteiger partial charge in [0.05, 0.1) is 10.2 Å². The molecule has 2 N–H and O–H groups in total. The molecule has 1 aromatic carbocycles. The van der Waals surface area contributed by atoms with E-state index in [0.717, 1.165) is 10.2 Å². The van der Waals surface area contributed by atoms with E-state index in [9.17, 15) is 0 Å². The van der Waals surface area contributed by atoms with Crippen LogP contribution in [0.1, 0.15) is 0 Å². The number of aromatic nitrogens is 1. The normalized spacial score (nSPS) is 8.67. The van der Waals surface area contributed by atoms with Gasteiger partial charge in [0.25, 0.3) is 0 Å². The topological polar surface area (TPSA) is 38.9 Å². The molecule has 0 saturated carbocycles. The van der Waals surface area contributed by atoms with Crippen LogP contribution in [0.15, 0.2) is 24.3 Å². The third kappa shape index (κ3) is 2.00. The summed E-state index contributed by atoms with van der Waals surface area (Å²) in [6, 6.07) is 7.92. The molecule has 66 valence electrons. The highest BCUT2D eigenvalue weighted by Crippen LogP contribution is 2.22. The average Bonchev–Trinajstić information content (AvgIpc) is 2.27. The van der Waals surface area contributed by atoms with Gasteiger partial charge in [0, 0.05) is 0 Å². The molecule has 0 amide bonds. The molecule has 0 atom stereocenters. The lowest BCUT2D eigenvalue weighted by molar-refractivity contribution is 1.50. The summed E-state index contributed by atoms with van der Waals surface area (Å²) in [5.41, 5.74) is 6.49. The standard InChI is InChI=1S/C7H6N2S.2ClH/c8-7-9-5-3-1-2-4-6(5)10-7;;/h1-4H,(H2,8,9);2*1H. The van der Waals surface area contributed by atoms with E-state index in [1.54, 1.807) is 0 Å². The summed E-state index contributed by atoms with van der Waals surface area (Å²) in [6.07, 6.45) is 0. The summed E-state index contributed by atoms with van der Waals surface area (Å²) in [5, 5.41) is 0.640. The highest BCUT2D eigenvalue weighted by atomic mass is 35.5. The van der Waals surface area contributed by atoms with Crippen molar-refractivity contribution in [3.63, 3.8) is 0 Å². The van der Waals surface area contributed by atoms with Gasteiger partial charge in [-0.3, -0.25) is 0 Å². The van der Waals surface area contributed by atoms with Crippen molar-refractivity contribution in [2.45, 2.75) is 0 Å². The van der Waals surface area contributed by atoms with E-state index in [4.69, 9.17) is 5.73 Å². The van der Waals surface area contributed by atoms with Crippen LogP contribution in [-0.4, -0.2) is 4.98 Å². The van der Waals surface area contributed by atoms with Crippen LogP contribution in [0.5, 0.6) is 0 Å². The fraction of sp³-hybridized carbons (Fsp3) is 0. The zero-order valence-electron chi connectivity index (χ0n) is 6.06. The zero-order chi connectivity index (χ0) is 6.97. The number of benzene rings is 1. The number of hydrogen-bond acceptors (Lipinski definition) is 3. The molecule has 0 fully saturated rings. The molecular formula is C7H8Cl2N2S. The molecular weight excluding hydrogens is 215 g/mol. The molecule has 0 aliphatic rings. The fourth-order valence-corrected chi connectivity index (χ4v) is 1.62. The van der Waals surface area contributed by atoms with Gasteiger partial charge in [-0.05, 0) is 12.1 Å². The molecule has 5 heteroatoms. The van der Waals surface area contributed by atoms with Crippen molar-refractivity contribution in [1.82, 2.24) is 4.98 Å². The minimum Gasteiger partial charge on any atom is -0.375 e. The van der Waals surface area contributed by atoms with Crippen LogP contribution in [0.3, 0.4) is 0 Å². The Morgan fingerprint density at radius 1 is 1.17 bits per heavy atom. The van der Waals surface area contributed by atoms with Gasteiger partial charge < -0.3 is 5.73 Å². The smallest absolute Gasteiger partial charge is 0.181 e.